The third-order valence-electron chi connectivity index (χ3n) is 6.23. The highest BCUT2D eigenvalue weighted by atomic mass is 32.1. The minimum Gasteiger partial charge on any atom is -0.350 e. The maximum atomic E-state index is 12.5. The van der Waals surface area contributed by atoms with Crippen molar-refractivity contribution in [3.63, 3.8) is 0 Å². The predicted octanol–water partition coefficient (Wildman–Crippen LogP) is 4.27. The number of hydrogen-bond donors (Lipinski definition) is 1. The number of hydrogen-bond acceptors (Lipinski definition) is 4. The lowest BCUT2D eigenvalue weighted by Gasteiger charge is -2.34. The van der Waals surface area contributed by atoms with Gasteiger partial charge in [0.25, 0.3) is 5.91 Å². The van der Waals surface area contributed by atoms with Gasteiger partial charge >= 0.3 is 0 Å². The molecule has 1 unspecified atom stereocenters. The Hall–Kier alpha value is -1.46. The summed E-state index contributed by atoms with van der Waals surface area (Å²) in [4.78, 5) is 21.7. The minimum atomic E-state index is 0.0442. The fourth-order valence-electron chi connectivity index (χ4n) is 4.40. The van der Waals surface area contributed by atoms with E-state index in [2.05, 4.69) is 37.1 Å². The number of carbonyl (C=O) groups excluding carboxylic acids is 1. The number of rotatable bonds is 4. The number of likely N-dealkylation sites (tertiary alicyclic amines) is 1. The molecule has 3 heterocycles. The van der Waals surface area contributed by atoms with Crippen LogP contribution in [0.5, 0.6) is 0 Å². The Bertz CT molecular complexity index is 830. The molecule has 0 bridgehead atoms. The first-order valence-corrected chi connectivity index (χ1v) is 11.1. The topological polar surface area (TPSA) is 45.2 Å². The molecule has 1 amide bonds. The van der Waals surface area contributed by atoms with E-state index < -0.39 is 0 Å². The lowest BCUT2D eigenvalue weighted by atomic mass is 9.71. The average molecular weight is 386 g/mol. The second-order valence-corrected chi connectivity index (χ2v) is 10.2. The van der Waals surface area contributed by atoms with Gasteiger partial charge in [0.05, 0.1) is 4.88 Å². The summed E-state index contributed by atoms with van der Waals surface area (Å²) >= 11 is 1.53. The average Bonchev–Trinajstić information content (AvgIpc) is 3.27. The van der Waals surface area contributed by atoms with E-state index in [4.69, 9.17) is 4.98 Å². The number of pyridine rings is 1. The van der Waals surface area contributed by atoms with Crippen LogP contribution in [0.2, 0.25) is 0 Å². The van der Waals surface area contributed by atoms with Crippen LogP contribution in [0, 0.1) is 11.3 Å². The van der Waals surface area contributed by atoms with E-state index in [1.807, 2.05) is 6.07 Å². The highest BCUT2D eigenvalue weighted by Crippen LogP contribution is 2.38. The van der Waals surface area contributed by atoms with Crippen molar-refractivity contribution in [3.05, 3.63) is 28.3 Å². The first-order valence-electron chi connectivity index (χ1n) is 10.3. The Balaban J connectivity index is 1.45. The fourth-order valence-corrected chi connectivity index (χ4v) is 5.35. The Morgan fingerprint density at radius 3 is 2.81 bits per heavy atom. The van der Waals surface area contributed by atoms with Crippen LogP contribution in [-0.4, -0.2) is 42.0 Å². The molecule has 0 radical (unpaired) electrons. The van der Waals surface area contributed by atoms with Gasteiger partial charge in [-0.05, 0) is 74.2 Å². The van der Waals surface area contributed by atoms with Crippen molar-refractivity contribution in [3.8, 4) is 0 Å². The Morgan fingerprint density at radius 1 is 1.30 bits per heavy atom. The van der Waals surface area contributed by atoms with Gasteiger partial charge in [-0.15, -0.1) is 11.3 Å². The molecule has 4 nitrogen and oxygen atoms in total. The number of aromatic nitrogens is 1. The number of amides is 1. The van der Waals surface area contributed by atoms with Gasteiger partial charge in [0.15, 0.2) is 0 Å². The molecule has 1 N–H and O–H groups in total. The largest absolute Gasteiger partial charge is 0.350 e. The molecule has 4 rings (SSSR count). The van der Waals surface area contributed by atoms with Crippen molar-refractivity contribution in [2.75, 3.05) is 26.2 Å². The van der Waals surface area contributed by atoms with Crippen LogP contribution >= 0.6 is 11.3 Å². The fraction of sp³-hybridized carbons (Fsp3) is 0.636. The van der Waals surface area contributed by atoms with Crippen molar-refractivity contribution >= 4 is 27.5 Å². The molecule has 1 atom stereocenters. The number of nitrogens with zero attached hydrogens (tertiary/aromatic N) is 2. The molecule has 1 aliphatic heterocycles. The Labute approximate surface area is 166 Å². The maximum Gasteiger partial charge on any atom is 0.261 e. The van der Waals surface area contributed by atoms with E-state index in [9.17, 15) is 4.79 Å². The molecule has 1 fully saturated rings. The molecule has 0 spiro atoms. The number of fused-ring (bicyclic) bond motifs is 2. The zero-order valence-corrected chi connectivity index (χ0v) is 17.6. The first kappa shape index (κ1) is 18.9. The van der Waals surface area contributed by atoms with Gasteiger partial charge in [0, 0.05) is 24.2 Å². The SMILES string of the molecule is CC(C)(C)C1CCc2nc3sc(C(=O)NCCN4CCCC4)cc3cc2C1. The number of nitrogens with one attached hydrogen (secondary N) is 1. The molecule has 1 saturated heterocycles. The Kier molecular flexibility index (Phi) is 5.26. The van der Waals surface area contributed by atoms with Crippen molar-refractivity contribution in [1.82, 2.24) is 15.2 Å². The molecular weight excluding hydrogens is 354 g/mol. The van der Waals surface area contributed by atoms with Crippen molar-refractivity contribution < 1.29 is 4.79 Å². The summed E-state index contributed by atoms with van der Waals surface area (Å²) in [6.45, 7) is 11.0. The molecule has 146 valence electrons. The molecule has 2 aromatic heterocycles. The maximum absolute atomic E-state index is 12.5. The molecule has 0 aromatic carbocycles. The highest BCUT2D eigenvalue weighted by Gasteiger charge is 2.29. The normalized spacial score (nSPS) is 20.8. The van der Waals surface area contributed by atoms with E-state index in [-0.39, 0.29) is 5.91 Å². The van der Waals surface area contributed by atoms with Crippen molar-refractivity contribution in [1.29, 1.82) is 0 Å². The van der Waals surface area contributed by atoms with Crippen molar-refractivity contribution in [2.45, 2.75) is 52.9 Å². The lowest BCUT2D eigenvalue weighted by Crippen LogP contribution is -2.33. The van der Waals surface area contributed by atoms with Crippen LogP contribution in [0.15, 0.2) is 12.1 Å². The molecule has 5 heteroatoms. The van der Waals surface area contributed by atoms with Gasteiger partial charge in [-0.2, -0.15) is 0 Å². The molecule has 2 aromatic rings. The molecular formula is C22H31N3OS. The smallest absolute Gasteiger partial charge is 0.261 e. The van der Waals surface area contributed by atoms with E-state index in [0.717, 1.165) is 41.0 Å². The summed E-state index contributed by atoms with van der Waals surface area (Å²) in [6, 6.07) is 4.31. The third-order valence-corrected chi connectivity index (χ3v) is 7.28. The summed E-state index contributed by atoms with van der Waals surface area (Å²) in [5, 5.41) is 4.21. The van der Waals surface area contributed by atoms with Crippen molar-refractivity contribution in [2.24, 2.45) is 11.3 Å². The van der Waals surface area contributed by atoms with Crippen LogP contribution in [0.1, 0.15) is 61.0 Å². The van der Waals surface area contributed by atoms with Gasteiger partial charge in [-0.1, -0.05) is 20.8 Å². The zero-order chi connectivity index (χ0) is 19.0. The van der Waals surface area contributed by atoms with Gasteiger partial charge in [-0.3, -0.25) is 4.79 Å². The molecule has 0 saturated carbocycles. The monoisotopic (exact) mass is 385 g/mol. The highest BCUT2D eigenvalue weighted by molar-refractivity contribution is 7.20. The zero-order valence-electron chi connectivity index (χ0n) is 16.8. The molecule has 1 aliphatic carbocycles. The van der Waals surface area contributed by atoms with Crippen LogP contribution < -0.4 is 5.32 Å². The van der Waals surface area contributed by atoms with Crippen LogP contribution in [0.25, 0.3) is 10.2 Å². The Morgan fingerprint density at radius 2 is 2.07 bits per heavy atom. The van der Waals surface area contributed by atoms with Crippen LogP contribution in [0.4, 0.5) is 0 Å². The summed E-state index contributed by atoms with van der Waals surface area (Å²) in [5.74, 6) is 0.749. The quantitative estimate of drug-likeness (QED) is 0.855. The second kappa shape index (κ2) is 7.51. The molecule has 27 heavy (non-hydrogen) atoms. The number of aryl methyl sites for hydroxylation is 1. The summed E-state index contributed by atoms with van der Waals surface area (Å²) in [6.07, 6.45) is 5.95. The van der Waals surface area contributed by atoms with Crippen LogP contribution in [-0.2, 0) is 12.8 Å². The van der Waals surface area contributed by atoms with Gasteiger partial charge in [-0.25, -0.2) is 4.98 Å². The summed E-state index contributed by atoms with van der Waals surface area (Å²) < 4.78 is 0. The third kappa shape index (κ3) is 4.19. The lowest BCUT2D eigenvalue weighted by molar-refractivity contribution is 0.0954. The predicted molar refractivity (Wildman–Crippen MR) is 113 cm³/mol. The standard InChI is InChI=1S/C22H31N3OS/c1-22(2,3)17-6-7-18-15(13-17)12-16-14-19(27-21(16)24-18)20(26)23-8-11-25-9-4-5-10-25/h12,14,17H,4-11,13H2,1-3H3,(H,23,26). The minimum absolute atomic E-state index is 0.0442. The first-order chi connectivity index (χ1) is 12.9. The van der Waals surface area contributed by atoms with E-state index in [0.29, 0.717) is 11.3 Å². The van der Waals surface area contributed by atoms with Gasteiger partial charge in [0.1, 0.15) is 4.83 Å². The molecule has 2 aliphatic rings. The van der Waals surface area contributed by atoms with E-state index in [1.165, 1.54) is 54.9 Å². The van der Waals surface area contributed by atoms with E-state index >= 15 is 0 Å². The van der Waals surface area contributed by atoms with Gasteiger partial charge < -0.3 is 10.2 Å². The summed E-state index contributed by atoms with van der Waals surface area (Å²) in [7, 11) is 0. The number of carbonyl (C=O) groups is 1. The van der Waals surface area contributed by atoms with E-state index in [1.54, 1.807) is 0 Å². The number of thiophene rings is 1. The second-order valence-electron chi connectivity index (χ2n) is 9.21. The van der Waals surface area contributed by atoms with Gasteiger partial charge in [0.2, 0.25) is 0 Å². The van der Waals surface area contributed by atoms with Crippen LogP contribution in [0.3, 0.4) is 0 Å². The summed E-state index contributed by atoms with van der Waals surface area (Å²) in [5.41, 5.74) is 2.96.